The maximum atomic E-state index is 13.1. The fourth-order valence-corrected chi connectivity index (χ4v) is 1.86. The largest absolute Gasteiger partial charge is 0.388 e. The quantitative estimate of drug-likeness (QED) is 0.728. The number of carbonyl (C=O) groups is 2. The maximum Gasteiger partial charge on any atom is 0.313 e. The number of hydrogen-bond acceptors (Lipinski definition) is 3. The first-order chi connectivity index (χ1) is 10.2. The standard InChI is InChI=1S/C16H23FN2O3/c1-5-11(3)16(4,22)9-18-14(20)15(21)19-13-8-12(17)7-6-10(13)2/h6-8,11,22H,5,9H2,1-4H3,(H,18,20)(H,19,21)/t11-,16+/m0/s1. The van der Waals surface area contributed by atoms with Crippen LogP contribution in [0.25, 0.3) is 0 Å². The van der Waals surface area contributed by atoms with Gasteiger partial charge in [-0.1, -0.05) is 26.3 Å². The van der Waals surface area contributed by atoms with Crippen molar-refractivity contribution >= 4 is 17.5 Å². The van der Waals surface area contributed by atoms with Crippen molar-refractivity contribution in [1.82, 2.24) is 5.32 Å². The van der Waals surface area contributed by atoms with E-state index in [2.05, 4.69) is 10.6 Å². The van der Waals surface area contributed by atoms with Gasteiger partial charge in [-0.25, -0.2) is 4.39 Å². The van der Waals surface area contributed by atoms with Gasteiger partial charge < -0.3 is 15.7 Å². The van der Waals surface area contributed by atoms with Gasteiger partial charge in [0.05, 0.1) is 5.60 Å². The summed E-state index contributed by atoms with van der Waals surface area (Å²) in [6.07, 6.45) is 0.748. The third-order valence-electron chi connectivity index (χ3n) is 3.93. The number of amides is 2. The molecule has 3 N–H and O–H groups in total. The Kier molecular flexibility index (Phi) is 6.05. The van der Waals surface area contributed by atoms with Gasteiger partial charge in [-0.2, -0.15) is 0 Å². The van der Waals surface area contributed by atoms with E-state index in [-0.39, 0.29) is 18.2 Å². The van der Waals surface area contributed by atoms with Crippen LogP contribution in [0.15, 0.2) is 18.2 Å². The van der Waals surface area contributed by atoms with Gasteiger partial charge in [0.15, 0.2) is 0 Å². The van der Waals surface area contributed by atoms with Crippen LogP contribution in [-0.4, -0.2) is 29.1 Å². The van der Waals surface area contributed by atoms with E-state index in [0.717, 1.165) is 12.5 Å². The Labute approximate surface area is 129 Å². The van der Waals surface area contributed by atoms with Crippen LogP contribution in [0, 0.1) is 18.7 Å². The molecule has 0 spiro atoms. The lowest BCUT2D eigenvalue weighted by atomic mass is 9.89. The van der Waals surface area contributed by atoms with Crippen molar-refractivity contribution in [2.45, 2.75) is 39.7 Å². The van der Waals surface area contributed by atoms with E-state index in [1.807, 2.05) is 13.8 Å². The molecule has 5 nitrogen and oxygen atoms in total. The van der Waals surface area contributed by atoms with Gasteiger partial charge >= 0.3 is 11.8 Å². The maximum absolute atomic E-state index is 13.1. The summed E-state index contributed by atoms with van der Waals surface area (Å²) in [5, 5.41) is 14.9. The Morgan fingerprint density at radius 1 is 1.36 bits per heavy atom. The second-order valence-electron chi connectivity index (χ2n) is 5.76. The summed E-state index contributed by atoms with van der Waals surface area (Å²) in [5.41, 5.74) is -0.206. The van der Waals surface area contributed by atoms with E-state index in [0.29, 0.717) is 5.56 Å². The lowest BCUT2D eigenvalue weighted by Gasteiger charge is -2.29. The predicted octanol–water partition coefficient (Wildman–Crippen LogP) is 1.99. The van der Waals surface area contributed by atoms with Crippen molar-refractivity contribution < 1.29 is 19.1 Å². The van der Waals surface area contributed by atoms with Crippen LogP contribution in [0.3, 0.4) is 0 Å². The molecule has 0 aromatic heterocycles. The minimum absolute atomic E-state index is 0.0266. The van der Waals surface area contributed by atoms with Crippen molar-refractivity contribution in [2.24, 2.45) is 5.92 Å². The van der Waals surface area contributed by atoms with Gasteiger partial charge in [-0.3, -0.25) is 9.59 Å². The molecule has 122 valence electrons. The average Bonchev–Trinajstić information content (AvgIpc) is 2.47. The van der Waals surface area contributed by atoms with Crippen molar-refractivity contribution in [2.75, 3.05) is 11.9 Å². The zero-order chi connectivity index (χ0) is 16.9. The molecule has 0 saturated carbocycles. The average molecular weight is 310 g/mol. The molecule has 22 heavy (non-hydrogen) atoms. The number of hydrogen-bond donors (Lipinski definition) is 3. The molecule has 0 fully saturated rings. The molecule has 0 bridgehead atoms. The van der Waals surface area contributed by atoms with E-state index in [1.54, 1.807) is 13.8 Å². The topological polar surface area (TPSA) is 78.4 Å². The molecule has 0 unspecified atom stereocenters. The molecule has 1 aromatic carbocycles. The Morgan fingerprint density at radius 3 is 2.59 bits per heavy atom. The summed E-state index contributed by atoms with van der Waals surface area (Å²) in [6, 6.07) is 3.93. The highest BCUT2D eigenvalue weighted by Gasteiger charge is 2.28. The number of carbonyl (C=O) groups excluding carboxylic acids is 2. The Morgan fingerprint density at radius 2 is 2.00 bits per heavy atom. The summed E-state index contributed by atoms with van der Waals surface area (Å²) in [6.45, 7) is 7.07. The number of benzene rings is 1. The smallest absolute Gasteiger partial charge is 0.313 e. The van der Waals surface area contributed by atoms with Crippen LogP contribution in [-0.2, 0) is 9.59 Å². The summed E-state index contributed by atoms with van der Waals surface area (Å²) < 4.78 is 13.1. The minimum atomic E-state index is -1.10. The Balaban J connectivity index is 2.63. The summed E-state index contributed by atoms with van der Waals surface area (Å²) in [4.78, 5) is 23.6. The highest BCUT2D eigenvalue weighted by atomic mass is 19.1. The molecule has 0 heterocycles. The molecule has 0 saturated heterocycles. The Bertz CT molecular complexity index is 558. The lowest BCUT2D eigenvalue weighted by molar-refractivity contribution is -0.137. The van der Waals surface area contributed by atoms with Crippen LogP contribution >= 0.6 is 0 Å². The van der Waals surface area contributed by atoms with E-state index in [4.69, 9.17) is 0 Å². The zero-order valence-electron chi connectivity index (χ0n) is 13.4. The third-order valence-corrected chi connectivity index (χ3v) is 3.93. The van der Waals surface area contributed by atoms with E-state index < -0.39 is 23.2 Å². The fourth-order valence-electron chi connectivity index (χ4n) is 1.86. The molecule has 0 radical (unpaired) electrons. The minimum Gasteiger partial charge on any atom is -0.388 e. The van der Waals surface area contributed by atoms with Gasteiger partial charge in [0.25, 0.3) is 0 Å². The van der Waals surface area contributed by atoms with Crippen LogP contribution in [0.2, 0.25) is 0 Å². The lowest BCUT2D eigenvalue weighted by Crippen LogP contribution is -2.47. The highest BCUT2D eigenvalue weighted by Crippen LogP contribution is 2.19. The number of nitrogens with one attached hydrogen (secondary N) is 2. The molecule has 0 aliphatic carbocycles. The van der Waals surface area contributed by atoms with E-state index in [1.165, 1.54) is 12.1 Å². The molecular weight excluding hydrogens is 287 g/mol. The first-order valence-corrected chi connectivity index (χ1v) is 7.25. The van der Waals surface area contributed by atoms with Crippen LogP contribution in [0.1, 0.15) is 32.8 Å². The third kappa shape index (κ3) is 4.80. The molecule has 1 aromatic rings. The van der Waals surface area contributed by atoms with Crippen molar-refractivity contribution in [3.8, 4) is 0 Å². The fraction of sp³-hybridized carbons (Fsp3) is 0.500. The van der Waals surface area contributed by atoms with Gasteiger partial charge in [0, 0.05) is 12.2 Å². The number of anilines is 1. The molecule has 0 aliphatic rings. The van der Waals surface area contributed by atoms with Gasteiger partial charge in [-0.15, -0.1) is 0 Å². The van der Waals surface area contributed by atoms with Crippen molar-refractivity contribution in [3.05, 3.63) is 29.6 Å². The zero-order valence-corrected chi connectivity index (χ0v) is 13.4. The number of rotatable bonds is 5. The summed E-state index contributed by atoms with van der Waals surface area (Å²) in [7, 11) is 0. The summed E-state index contributed by atoms with van der Waals surface area (Å²) in [5.74, 6) is -2.29. The molecule has 2 atom stereocenters. The van der Waals surface area contributed by atoms with E-state index in [9.17, 15) is 19.1 Å². The summed E-state index contributed by atoms with van der Waals surface area (Å²) >= 11 is 0. The van der Waals surface area contributed by atoms with Crippen molar-refractivity contribution in [3.63, 3.8) is 0 Å². The second kappa shape index (κ2) is 7.35. The molecule has 0 aliphatic heterocycles. The number of aliphatic hydroxyl groups is 1. The molecule has 1 rings (SSSR count). The van der Waals surface area contributed by atoms with Crippen LogP contribution in [0.4, 0.5) is 10.1 Å². The molecule has 2 amide bonds. The normalized spacial score (nSPS) is 14.8. The van der Waals surface area contributed by atoms with Gasteiger partial charge in [-0.05, 0) is 37.5 Å². The predicted molar refractivity (Wildman–Crippen MR) is 82.9 cm³/mol. The van der Waals surface area contributed by atoms with Gasteiger partial charge in [0.1, 0.15) is 5.82 Å². The van der Waals surface area contributed by atoms with E-state index >= 15 is 0 Å². The first-order valence-electron chi connectivity index (χ1n) is 7.25. The molecule has 6 heteroatoms. The van der Waals surface area contributed by atoms with Crippen LogP contribution in [0.5, 0.6) is 0 Å². The van der Waals surface area contributed by atoms with Gasteiger partial charge in [0.2, 0.25) is 0 Å². The second-order valence-corrected chi connectivity index (χ2v) is 5.76. The number of halogens is 1. The van der Waals surface area contributed by atoms with Crippen molar-refractivity contribution in [1.29, 1.82) is 0 Å². The monoisotopic (exact) mass is 310 g/mol. The molecular formula is C16H23FN2O3. The Hall–Kier alpha value is -1.95. The SMILES string of the molecule is CC[C@H](C)[C@](C)(O)CNC(=O)C(=O)Nc1cc(F)ccc1C. The number of aryl methyl sites for hydroxylation is 1. The highest BCUT2D eigenvalue weighted by molar-refractivity contribution is 6.39. The van der Waals surface area contributed by atoms with Crippen LogP contribution < -0.4 is 10.6 Å². The first kappa shape index (κ1) is 18.1.